The van der Waals surface area contributed by atoms with Crippen molar-refractivity contribution in [3.05, 3.63) is 17.2 Å². The van der Waals surface area contributed by atoms with Crippen molar-refractivity contribution >= 4 is 33.0 Å². The van der Waals surface area contributed by atoms with E-state index in [9.17, 15) is 4.39 Å². The zero-order valence-electron chi connectivity index (χ0n) is 15.9. The Morgan fingerprint density at radius 1 is 0.800 bits per heavy atom. The maximum atomic E-state index is 15.2. The number of halogens is 2. The summed E-state index contributed by atoms with van der Waals surface area (Å²) in [5.74, 6) is -1.43. The SMILES string of the molecule is CCC[CH2][Sn]([CH2]CCC)([CH2]CCC)[c]1c(F)c(F)c(C)c2nonc12. The summed E-state index contributed by atoms with van der Waals surface area (Å²) in [6.07, 6.45) is 6.45. The van der Waals surface area contributed by atoms with Crippen LogP contribution in [-0.4, -0.2) is 28.7 Å². The Morgan fingerprint density at radius 2 is 1.28 bits per heavy atom. The van der Waals surface area contributed by atoms with Gasteiger partial charge in [-0.2, -0.15) is 0 Å². The van der Waals surface area contributed by atoms with Crippen LogP contribution in [0.5, 0.6) is 0 Å². The van der Waals surface area contributed by atoms with Crippen LogP contribution in [0.1, 0.15) is 64.9 Å². The second-order valence-electron chi connectivity index (χ2n) is 7.18. The second kappa shape index (κ2) is 9.28. The zero-order chi connectivity index (χ0) is 18.4. The van der Waals surface area contributed by atoms with Crippen molar-refractivity contribution in [3.63, 3.8) is 0 Å². The molecule has 0 fully saturated rings. The summed E-state index contributed by atoms with van der Waals surface area (Å²) in [4.78, 5) is 0. The van der Waals surface area contributed by atoms with E-state index in [2.05, 4.69) is 31.1 Å². The maximum absolute atomic E-state index is 15.2. The van der Waals surface area contributed by atoms with E-state index in [-0.39, 0.29) is 5.56 Å². The molecule has 1 aromatic carbocycles. The topological polar surface area (TPSA) is 38.9 Å². The first-order chi connectivity index (χ1) is 12.0. The van der Waals surface area contributed by atoms with Gasteiger partial charge in [0.2, 0.25) is 0 Å². The van der Waals surface area contributed by atoms with Crippen LogP contribution in [-0.2, 0) is 0 Å². The van der Waals surface area contributed by atoms with Gasteiger partial charge in [-0.05, 0) is 0 Å². The molecular formula is C19H30F2N2OSn. The van der Waals surface area contributed by atoms with Gasteiger partial charge in [-0.1, -0.05) is 0 Å². The van der Waals surface area contributed by atoms with Gasteiger partial charge in [0.15, 0.2) is 0 Å². The number of unbranched alkanes of at least 4 members (excludes halogenated alkanes) is 3. The molecule has 0 radical (unpaired) electrons. The van der Waals surface area contributed by atoms with Gasteiger partial charge >= 0.3 is 153 Å². The summed E-state index contributed by atoms with van der Waals surface area (Å²) >= 11 is -3.18. The Hall–Kier alpha value is -0.721. The summed E-state index contributed by atoms with van der Waals surface area (Å²) in [6, 6.07) is 0. The first-order valence-corrected chi connectivity index (χ1v) is 17.1. The minimum absolute atomic E-state index is 0.208. The Bertz CT molecular complexity index is 681. The van der Waals surface area contributed by atoms with E-state index in [0.29, 0.717) is 14.6 Å². The molecule has 0 spiro atoms. The molecule has 6 heteroatoms. The molecule has 1 aromatic heterocycles. The van der Waals surface area contributed by atoms with Crippen molar-refractivity contribution < 1.29 is 13.4 Å². The number of rotatable bonds is 10. The van der Waals surface area contributed by atoms with Crippen LogP contribution in [0.2, 0.25) is 13.3 Å². The minimum atomic E-state index is -3.18. The molecule has 0 N–H and O–H groups in total. The summed E-state index contributed by atoms with van der Waals surface area (Å²) in [5, 5.41) is 7.91. The third-order valence-electron chi connectivity index (χ3n) is 5.38. The normalized spacial score (nSPS) is 12.2. The first kappa shape index (κ1) is 20.6. The summed E-state index contributed by atoms with van der Waals surface area (Å²) in [6.45, 7) is 8.04. The average Bonchev–Trinajstić information content (AvgIpc) is 3.10. The predicted molar refractivity (Wildman–Crippen MR) is 101 cm³/mol. The Labute approximate surface area is 153 Å². The summed E-state index contributed by atoms with van der Waals surface area (Å²) < 4.78 is 38.5. The standard InChI is InChI=1S/C7H3F2N2O.3C4H9.Sn/c1-3-6(9)4(8)2-5-7(3)11-12-10-5;3*1-3-4-2;/h1H3;3*1,3-4H2,2H3;. The number of nitrogens with zero attached hydrogens (tertiary/aromatic N) is 2. The third-order valence-corrected chi connectivity index (χ3v) is 20.9. The fraction of sp³-hybridized carbons (Fsp3) is 0.684. The second-order valence-corrected chi connectivity index (χ2v) is 20.2. The van der Waals surface area contributed by atoms with E-state index in [1.165, 1.54) is 0 Å². The number of aromatic nitrogens is 2. The van der Waals surface area contributed by atoms with Crippen molar-refractivity contribution in [3.8, 4) is 0 Å². The van der Waals surface area contributed by atoms with Crippen molar-refractivity contribution in [2.24, 2.45) is 0 Å². The van der Waals surface area contributed by atoms with E-state index >= 15 is 4.39 Å². The van der Waals surface area contributed by atoms with E-state index in [0.717, 1.165) is 51.8 Å². The molecule has 0 amide bonds. The van der Waals surface area contributed by atoms with Gasteiger partial charge in [0, 0.05) is 0 Å². The number of hydrogen-bond donors (Lipinski definition) is 0. The molecular weight excluding hydrogens is 429 g/mol. The number of hydrogen-bond acceptors (Lipinski definition) is 3. The van der Waals surface area contributed by atoms with E-state index in [1.807, 2.05) is 0 Å². The van der Waals surface area contributed by atoms with Gasteiger partial charge in [0.1, 0.15) is 0 Å². The molecule has 0 saturated carbocycles. The molecule has 0 aliphatic carbocycles. The van der Waals surface area contributed by atoms with Crippen molar-refractivity contribution in [1.29, 1.82) is 0 Å². The van der Waals surface area contributed by atoms with Crippen LogP contribution in [0.15, 0.2) is 4.63 Å². The third kappa shape index (κ3) is 4.17. The van der Waals surface area contributed by atoms with Crippen molar-refractivity contribution in [1.82, 2.24) is 10.3 Å². The van der Waals surface area contributed by atoms with E-state index < -0.39 is 30.0 Å². The molecule has 0 aliphatic rings. The molecule has 1 heterocycles. The molecule has 140 valence electrons. The quantitative estimate of drug-likeness (QED) is 0.418. The molecule has 3 nitrogen and oxygen atoms in total. The van der Waals surface area contributed by atoms with Crippen LogP contribution in [0.4, 0.5) is 8.78 Å². The van der Waals surface area contributed by atoms with Crippen molar-refractivity contribution in [2.45, 2.75) is 79.5 Å². The number of fused-ring (bicyclic) bond motifs is 1. The van der Waals surface area contributed by atoms with Gasteiger partial charge in [-0.25, -0.2) is 0 Å². The molecule has 2 aromatic rings. The van der Waals surface area contributed by atoms with Gasteiger partial charge in [0.05, 0.1) is 0 Å². The van der Waals surface area contributed by atoms with E-state index in [4.69, 9.17) is 4.63 Å². The fourth-order valence-electron chi connectivity index (χ4n) is 3.86. The molecule has 0 atom stereocenters. The predicted octanol–water partition coefficient (Wildman–Crippen LogP) is 5.87. The van der Waals surface area contributed by atoms with Gasteiger partial charge in [-0.15, -0.1) is 0 Å². The molecule has 2 rings (SSSR count). The average molecular weight is 459 g/mol. The number of benzene rings is 1. The monoisotopic (exact) mass is 460 g/mol. The molecule has 0 bridgehead atoms. The Kier molecular flexibility index (Phi) is 7.65. The molecule has 25 heavy (non-hydrogen) atoms. The van der Waals surface area contributed by atoms with Gasteiger partial charge in [-0.3, -0.25) is 0 Å². The molecule has 0 unspecified atom stereocenters. The molecule has 0 aliphatic heterocycles. The van der Waals surface area contributed by atoms with Crippen LogP contribution in [0.25, 0.3) is 11.0 Å². The fourth-order valence-corrected chi connectivity index (χ4v) is 20.5. The van der Waals surface area contributed by atoms with Crippen LogP contribution in [0.3, 0.4) is 0 Å². The first-order valence-electron chi connectivity index (χ1n) is 9.62. The number of aryl methyl sites for hydroxylation is 1. The van der Waals surface area contributed by atoms with E-state index in [1.54, 1.807) is 6.92 Å². The van der Waals surface area contributed by atoms with Gasteiger partial charge < -0.3 is 0 Å². The summed E-state index contributed by atoms with van der Waals surface area (Å²) in [7, 11) is 0. The van der Waals surface area contributed by atoms with Crippen molar-refractivity contribution in [2.75, 3.05) is 0 Å². The van der Waals surface area contributed by atoms with Crippen LogP contribution in [0, 0.1) is 18.6 Å². The zero-order valence-corrected chi connectivity index (χ0v) is 18.8. The molecule has 0 saturated heterocycles. The van der Waals surface area contributed by atoms with Crippen LogP contribution >= 0.6 is 0 Å². The Balaban J connectivity index is 2.70. The van der Waals surface area contributed by atoms with Crippen LogP contribution < -0.4 is 3.58 Å². The summed E-state index contributed by atoms with van der Waals surface area (Å²) in [5.41, 5.74) is 1.11. The van der Waals surface area contributed by atoms with Gasteiger partial charge in [0.25, 0.3) is 0 Å². The Morgan fingerprint density at radius 3 is 1.76 bits per heavy atom.